The average Bonchev–Trinajstić information content (AvgIpc) is 3.31. The lowest BCUT2D eigenvalue weighted by Gasteiger charge is -2.43. The highest BCUT2D eigenvalue weighted by atomic mass is 127. The van der Waals surface area contributed by atoms with E-state index in [1.54, 1.807) is 0 Å². The van der Waals surface area contributed by atoms with E-state index in [2.05, 4.69) is 47.8 Å². The van der Waals surface area contributed by atoms with E-state index in [0.717, 1.165) is 40.9 Å². The van der Waals surface area contributed by atoms with Crippen LogP contribution in [0.5, 0.6) is 11.5 Å². The van der Waals surface area contributed by atoms with Gasteiger partial charge in [0.1, 0.15) is 0 Å². The molecule has 2 saturated heterocycles. The van der Waals surface area contributed by atoms with E-state index < -0.39 is 19.0 Å². The zero-order valence-electron chi connectivity index (χ0n) is 26.9. The second-order valence-electron chi connectivity index (χ2n) is 12.7. The Morgan fingerprint density at radius 1 is 1.09 bits per heavy atom. The Labute approximate surface area is 290 Å². The minimum atomic E-state index is -1.01. The van der Waals surface area contributed by atoms with Crippen molar-refractivity contribution in [3.63, 3.8) is 0 Å². The smallest absolute Gasteiger partial charge is 0.455 e. The summed E-state index contributed by atoms with van der Waals surface area (Å²) >= 11 is 2.09. The van der Waals surface area contributed by atoms with E-state index in [9.17, 15) is 19.7 Å². The standard InChI is InChI=1S/C37H40BIN2O6/c1-4-8-24-20-28-34(37(44)41(36(28)43)27-14-12-26(13-15-27)40-25-9-6-5-7-10-25)29-21-38(45)47-31(33(24)29)16-11-22(2)17-23-18-30(39)35(42)32(19-23)46-3/h5-7,9-10,12-15,17-19,28-29,31,34,40,42,45H,4,8,11,16,20-21H2,1-3H3/b22-17+/t28-,29+,31-,34-/m1/s1. The van der Waals surface area contributed by atoms with Crippen LogP contribution < -0.4 is 15.0 Å². The molecule has 3 aliphatic rings. The SMILES string of the molecule is CCCC1=C2[C@@H](CC/C(C)=C/c3cc(I)c(O)c(OC)c3)OB(O)C[C@@H]2[C@@H]2C(=O)N(c3ccc(Nc4ccccc4)cc3)C(=O)[C@@H]2C1. The van der Waals surface area contributed by atoms with Gasteiger partial charge in [0.15, 0.2) is 11.5 Å². The number of nitrogens with one attached hydrogen (secondary N) is 1. The molecule has 244 valence electrons. The number of nitrogens with zero attached hydrogens (tertiary/aromatic N) is 1. The van der Waals surface area contributed by atoms with Crippen LogP contribution in [0.15, 0.2) is 83.4 Å². The number of carbonyl (C=O) groups is 2. The van der Waals surface area contributed by atoms with Crippen molar-refractivity contribution in [2.24, 2.45) is 17.8 Å². The number of methoxy groups -OCH3 is 1. The first-order valence-corrected chi connectivity index (χ1v) is 17.3. The number of phenols is 1. The van der Waals surface area contributed by atoms with Crippen molar-refractivity contribution in [3.05, 3.63) is 92.6 Å². The highest BCUT2D eigenvalue weighted by molar-refractivity contribution is 14.1. The van der Waals surface area contributed by atoms with Gasteiger partial charge in [-0.05, 0) is 127 Å². The van der Waals surface area contributed by atoms with Crippen LogP contribution in [0.1, 0.15) is 51.5 Å². The largest absolute Gasteiger partial charge is 0.504 e. The molecule has 3 N–H and O–H groups in total. The normalized spacial score (nSPS) is 22.8. The molecule has 6 rings (SSSR count). The van der Waals surface area contributed by atoms with E-state index in [-0.39, 0.29) is 29.6 Å². The van der Waals surface area contributed by atoms with Crippen LogP contribution in [0.3, 0.4) is 0 Å². The van der Waals surface area contributed by atoms with Gasteiger partial charge in [-0.3, -0.25) is 14.5 Å². The fourth-order valence-corrected chi connectivity index (χ4v) is 8.11. The lowest BCUT2D eigenvalue weighted by molar-refractivity contribution is -0.122. The number of fused-ring (bicyclic) bond motifs is 3. The van der Waals surface area contributed by atoms with Crippen LogP contribution in [0.2, 0.25) is 6.32 Å². The minimum Gasteiger partial charge on any atom is -0.504 e. The van der Waals surface area contributed by atoms with Gasteiger partial charge >= 0.3 is 7.12 Å². The predicted molar refractivity (Wildman–Crippen MR) is 194 cm³/mol. The molecule has 10 heteroatoms. The van der Waals surface area contributed by atoms with Crippen LogP contribution in [0, 0.1) is 21.3 Å². The molecule has 2 fully saturated rings. The summed E-state index contributed by atoms with van der Waals surface area (Å²) in [5, 5.41) is 24.5. The number of amides is 2. The van der Waals surface area contributed by atoms with Crippen LogP contribution >= 0.6 is 22.6 Å². The number of imide groups is 1. The summed E-state index contributed by atoms with van der Waals surface area (Å²) in [6.45, 7) is 4.18. The van der Waals surface area contributed by atoms with Gasteiger partial charge in [-0.25, -0.2) is 0 Å². The summed E-state index contributed by atoms with van der Waals surface area (Å²) in [5.74, 6) is -1.03. The maximum Gasteiger partial charge on any atom is 0.455 e. The average molecular weight is 746 g/mol. The fourth-order valence-electron chi connectivity index (χ4n) is 7.49. The molecule has 1 aliphatic carbocycles. The molecule has 47 heavy (non-hydrogen) atoms. The monoisotopic (exact) mass is 746 g/mol. The summed E-state index contributed by atoms with van der Waals surface area (Å²) in [7, 11) is 0.523. The summed E-state index contributed by atoms with van der Waals surface area (Å²) in [4.78, 5) is 29.4. The topological polar surface area (TPSA) is 108 Å². The molecule has 2 aliphatic heterocycles. The van der Waals surface area contributed by atoms with Crippen molar-refractivity contribution < 1.29 is 29.1 Å². The van der Waals surface area contributed by atoms with E-state index in [1.807, 2.05) is 66.7 Å². The fraction of sp³-hybridized carbons (Fsp3) is 0.351. The van der Waals surface area contributed by atoms with Crippen molar-refractivity contribution in [2.45, 2.75) is 58.4 Å². The van der Waals surface area contributed by atoms with Gasteiger partial charge in [0.05, 0.1) is 34.3 Å². The maximum absolute atomic E-state index is 14.1. The first-order chi connectivity index (χ1) is 22.7. The zero-order valence-corrected chi connectivity index (χ0v) is 29.1. The molecule has 3 aromatic rings. The van der Waals surface area contributed by atoms with E-state index in [0.29, 0.717) is 40.6 Å². The molecule has 0 aromatic heterocycles. The Balaban J connectivity index is 1.23. The number of benzene rings is 3. The van der Waals surface area contributed by atoms with Gasteiger partial charge in [-0.15, -0.1) is 0 Å². The Kier molecular flexibility index (Phi) is 10.1. The lowest BCUT2D eigenvalue weighted by atomic mass is 9.58. The molecule has 0 radical (unpaired) electrons. The van der Waals surface area contributed by atoms with Gasteiger partial charge in [-0.1, -0.05) is 48.8 Å². The van der Waals surface area contributed by atoms with Crippen molar-refractivity contribution in [2.75, 3.05) is 17.3 Å². The molecule has 0 unspecified atom stereocenters. The quantitative estimate of drug-likeness (QED) is 0.0844. The van der Waals surface area contributed by atoms with Crippen molar-refractivity contribution in [3.8, 4) is 11.5 Å². The maximum atomic E-state index is 14.1. The third kappa shape index (κ3) is 6.86. The van der Waals surface area contributed by atoms with Crippen molar-refractivity contribution in [1.29, 1.82) is 0 Å². The van der Waals surface area contributed by atoms with Crippen molar-refractivity contribution in [1.82, 2.24) is 0 Å². The van der Waals surface area contributed by atoms with Gasteiger partial charge in [0.25, 0.3) is 0 Å². The number of aromatic hydroxyl groups is 1. The molecule has 4 atom stereocenters. The summed E-state index contributed by atoms with van der Waals surface area (Å²) in [6, 6.07) is 21.0. The molecular formula is C37H40BIN2O6. The molecule has 0 spiro atoms. The molecular weight excluding hydrogens is 706 g/mol. The van der Waals surface area contributed by atoms with Crippen LogP contribution in [0.4, 0.5) is 17.1 Å². The van der Waals surface area contributed by atoms with Gasteiger partial charge in [0, 0.05) is 11.4 Å². The summed E-state index contributed by atoms with van der Waals surface area (Å²) in [6.07, 6.45) is 5.66. The zero-order chi connectivity index (χ0) is 33.2. The second kappa shape index (κ2) is 14.3. The van der Waals surface area contributed by atoms with E-state index >= 15 is 0 Å². The van der Waals surface area contributed by atoms with Gasteiger partial charge in [-0.2, -0.15) is 0 Å². The predicted octanol–water partition coefficient (Wildman–Crippen LogP) is 7.73. The lowest BCUT2D eigenvalue weighted by Crippen LogP contribution is -2.46. The minimum absolute atomic E-state index is 0.125. The summed E-state index contributed by atoms with van der Waals surface area (Å²) in [5.41, 5.74) is 6.73. The number of carbonyl (C=O) groups excluding carboxylic acids is 2. The highest BCUT2D eigenvalue weighted by Crippen LogP contribution is 2.52. The van der Waals surface area contributed by atoms with E-state index in [4.69, 9.17) is 9.39 Å². The Bertz CT molecular complexity index is 1710. The second-order valence-corrected chi connectivity index (χ2v) is 13.9. The summed E-state index contributed by atoms with van der Waals surface area (Å²) < 4.78 is 12.2. The van der Waals surface area contributed by atoms with Crippen LogP contribution in [-0.4, -0.2) is 42.3 Å². The highest BCUT2D eigenvalue weighted by Gasteiger charge is 2.57. The molecule has 0 bridgehead atoms. The Morgan fingerprint density at radius 3 is 2.51 bits per heavy atom. The van der Waals surface area contributed by atoms with Crippen LogP contribution in [-0.2, 0) is 14.2 Å². The number of allylic oxidation sites excluding steroid dienone is 2. The van der Waals surface area contributed by atoms with Gasteiger partial charge in [0.2, 0.25) is 11.8 Å². The first-order valence-electron chi connectivity index (χ1n) is 16.3. The number of rotatable bonds is 10. The number of hydrogen-bond donors (Lipinski definition) is 3. The number of anilines is 3. The third-order valence-corrected chi connectivity index (χ3v) is 10.4. The Morgan fingerprint density at radius 2 is 1.81 bits per heavy atom. The number of halogens is 1. The van der Waals surface area contributed by atoms with E-state index in [1.165, 1.54) is 17.6 Å². The molecule has 2 heterocycles. The van der Waals surface area contributed by atoms with Gasteiger partial charge < -0.3 is 24.8 Å². The molecule has 0 saturated carbocycles. The number of hydrogen-bond acceptors (Lipinski definition) is 7. The molecule has 8 nitrogen and oxygen atoms in total. The number of ether oxygens (including phenoxy) is 1. The Hall–Kier alpha value is -3.61. The molecule has 3 aromatic carbocycles. The molecule has 2 amide bonds. The number of para-hydroxylation sites is 1. The van der Waals surface area contributed by atoms with Crippen LogP contribution in [0.25, 0.3) is 6.08 Å². The first kappa shape index (κ1) is 33.3. The van der Waals surface area contributed by atoms with Crippen molar-refractivity contribution >= 4 is 64.7 Å². The third-order valence-electron chi connectivity index (χ3n) is 9.53. The number of phenolic OH excluding ortho intramolecular Hbond substituents is 1.